The molecule has 1 aromatic heterocycles. The minimum atomic E-state index is -0.0474. The highest BCUT2D eigenvalue weighted by Gasteiger charge is 2.26. The van der Waals surface area contributed by atoms with Crippen LogP contribution in [-0.2, 0) is 0 Å². The van der Waals surface area contributed by atoms with Gasteiger partial charge in [-0.05, 0) is 25.2 Å². The minimum absolute atomic E-state index is 0.0474. The molecule has 0 radical (unpaired) electrons. The van der Waals surface area contributed by atoms with Crippen molar-refractivity contribution >= 4 is 0 Å². The maximum Gasteiger partial charge on any atom is 0.251 e. The summed E-state index contributed by atoms with van der Waals surface area (Å²) in [6.07, 6.45) is 4.76. The average Bonchev–Trinajstić information content (AvgIpc) is 2.96. The standard InChI is InChI=1S/C17H20N2O/c1-2-12-8-9-14(10-12)17-18-15(11-16(20)19-17)13-6-4-3-5-7-13/h3-7,11-12,14H,2,8-10H2,1H3,(H,18,19,20). The van der Waals surface area contributed by atoms with E-state index >= 15 is 0 Å². The van der Waals surface area contributed by atoms with Crippen molar-refractivity contribution in [3.63, 3.8) is 0 Å². The molecule has 1 aliphatic carbocycles. The highest BCUT2D eigenvalue weighted by molar-refractivity contribution is 5.58. The number of H-pyrrole nitrogens is 1. The first kappa shape index (κ1) is 13.1. The number of hydrogen-bond donors (Lipinski definition) is 1. The van der Waals surface area contributed by atoms with Gasteiger partial charge in [-0.15, -0.1) is 0 Å². The number of aromatic nitrogens is 2. The number of rotatable bonds is 3. The lowest BCUT2D eigenvalue weighted by Crippen LogP contribution is -2.13. The fraction of sp³-hybridized carbons (Fsp3) is 0.412. The van der Waals surface area contributed by atoms with Gasteiger partial charge in [0.2, 0.25) is 0 Å². The molecule has 1 N–H and O–H groups in total. The van der Waals surface area contributed by atoms with Crippen molar-refractivity contribution in [1.82, 2.24) is 9.97 Å². The second-order valence-electron chi connectivity index (χ2n) is 5.67. The molecule has 1 aliphatic rings. The summed E-state index contributed by atoms with van der Waals surface area (Å²) < 4.78 is 0. The molecule has 104 valence electrons. The number of nitrogens with zero attached hydrogens (tertiary/aromatic N) is 1. The smallest absolute Gasteiger partial charge is 0.251 e. The van der Waals surface area contributed by atoms with Gasteiger partial charge in [0.05, 0.1) is 5.69 Å². The molecule has 1 saturated carbocycles. The van der Waals surface area contributed by atoms with Crippen molar-refractivity contribution in [2.24, 2.45) is 5.92 Å². The topological polar surface area (TPSA) is 45.8 Å². The third-order valence-corrected chi connectivity index (χ3v) is 4.33. The van der Waals surface area contributed by atoms with Crippen LogP contribution in [0.4, 0.5) is 0 Å². The molecule has 1 heterocycles. The van der Waals surface area contributed by atoms with Crippen LogP contribution < -0.4 is 5.56 Å². The van der Waals surface area contributed by atoms with Crippen LogP contribution in [0.1, 0.15) is 44.3 Å². The fourth-order valence-electron chi connectivity index (χ4n) is 3.12. The van der Waals surface area contributed by atoms with Crippen molar-refractivity contribution in [2.75, 3.05) is 0 Å². The quantitative estimate of drug-likeness (QED) is 0.922. The Balaban J connectivity index is 1.94. The predicted octanol–water partition coefficient (Wildman–Crippen LogP) is 3.73. The Kier molecular flexibility index (Phi) is 3.68. The van der Waals surface area contributed by atoms with E-state index < -0.39 is 0 Å². The SMILES string of the molecule is CCC1CCC(c2nc(-c3ccccc3)cc(=O)[nH]2)C1. The Morgan fingerprint density at radius 3 is 2.75 bits per heavy atom. The van der Waals surface area contributed by atoms with Crippen molar-refractivity contribution < 1.29 is 0 Å². The van der Waals surface area contributed by atoms with Gasteiger partial charge < -0.3 is 4.98 Å². The van der Waals surface area contributed by atoms with Gasteiger partial charge in [-0.1, -0.05) is 43.7 Å². The first-order valence-corrected chi connectivity index (χ1v) is 7.43. The van der Waals surface area contributed by atoms with Crippen molar-refractivity contribution in [3.8, 4) is 11.3 Å². The van der Waals surface area contributed by atoms with Gasteiger partial charge in [-0.2, -0.15) is 0 Å². The first-order valence-electron chi connectivity index (χ1n) is 7.43. The molecule has 0 aliphatic heterocycles. The minimum Gasteiger partial charge on any atom is -0.310 e. The van der Waals surface area contributed by atoms with Gasteiger partial charge in [0.15, 0.2) is 0 Å². The maximum atomic E-state index is 11.9. The molecule has 0 bridgehead atoms. The van der Waals surface area contributed by atoms with Gasteiger partial charge in [-0.25, -0.2) is 4.98 Å². The van der Waals surface area contributed by atoms with E-state index in [0.29, 0.717) is 5.92 Å². The summed E-state index contributed by atoms with van der Waals surface area (Å²) in [5.74, 6) is 2.06. The van der Waals surface area contributed by atoms with Crippen LogP contribution >= 0.6 is 0 Å². The molecular weight excluding hydrogens is 248 g/mol. The lowest BCUT2D eigenvalue weighted by Gasteiger charge is -2.11. The van der Waals surface area contributed by atoms with Crippen LogP contribution in [0.3, 0.4) is 0 Å². The fourth-order valence-corrected chi connectivity index (χ4v) is 3.12. The molecule has 0 amide bonds. The van der Waals surface area contributed by atoms with Gasteiger partial charge in [0, 0.05) is 17.5 Å². The van der Waals surface area contributed by atoms with Crippen LogP contribution in [0.5, 0.6) is 0 Å². The van der Waals surface area contributed by atoms with E-state index in [2.05, 4.69) is 11.9 Å². The molecule has 3 rings (SSSR count). The van der Waals surface area contributed by atoms with E-state index in [1.807, 2.05) is 30.3 Å². The van der Waals surface area contributed by atoms with Crippen LogP contribution in [0.2, 0.25) is 0 Å². The molecule has 0 saturated heterocycles. The molecule has 1 fully saturated rings. The first-order chi connectivity index (χ1) is 9.76. The number of aromatic amines is 1. The second-order valence-corrected chi connectivity index (χ2v) is 5.67. The molecule has 3 heteroatoms. The van der Waals surface area contributed by atoms with Gasteiger partial charge in [-0.3, -0.25) is 4.79 Å². The molecule has 2 unspecified atom stereocenters. The molecule has 2 aromatic rings. The van der Waals surface area contributed by atoms with Crippen molar-refractivity contribution in [1.29, 1.82) is 0 Å². The summed E-state index contributed by atoms with van der Waals surface area (Å²) in [5, 5.41) is 0. The number of nitrogens with one attached hydrogen (secondary N) is 1. The third-order valence-electron chi connectivity index (χ3n) is 4.33. The zero-order valence-corrected chi connectivity index (χ0v) is 11.8. The summed E-state index contributed by atoms with van der Waals surface area (Å²) in [7, 11) is 0. The highest BCUT2D eigenvalue weighted by atomic mass is 16.1. The Labute approximate surface area is 119 Å². The predicted molar refractivity (Wildman–Crippen MR) is 80.7 cm³/mol. The third kappa shape index (κ3) is 2.67. The Bertz CT molecular complexity index is 633. The van der Waals surface area contributed by atoms with E-state index in [0.717, 1.165) is 35.8 Å². The lowest BCUT2D eigenvalue weighted by atomic mass is 10.0. The van der Waals surface area contributed by atoms with Crippen molar-refractivity contribution in [2.45, 2.75) is 38.5 Å². The summed E-state index contributed by atoms with van der Waals surface area (Å²) in [6, 6.07) is 11.5. The van der Waals surface area contributed by atoms with Gasteiger partial charge in [0.25, 0.3) is 5.56 Å². The average molecular weight is 268 g/mol. The van der Waals surface area contributed by atoms with E-state index in [4.69, 9.17) is 4.98 Å². The van der Waals surface area contributed by atoms with Crippen LogP contribution in [0.25, 0.3) is 11.3 Å². The van der Waals surface area contributed by atoms with Gasteiger partial charge in [0.1, 0.15) is 5.82 Å². The van der Waals surface area contributed by atoms with Crippen LogP contribution in [0, 0.1) is 5.92 Å². The van der Waals surface area contributed by atoms with E-state index in [1.54, 1.807) is 6.07 Å². The van der Waals surface area contributed by atoms with Crippen molar-refractivity contribution in [3.05, 3.63) is 52.6 Å². The molecule has 3 nitrogen and oxygen atoms in total. The number of hydrogen-bond acceptors (Lipinski definition) is 2. The Morgan fingerprint density at radius 1 is 1.25 bits per heavy atom. The second kappa shape index (κ2) is 5.61. The highest BCUT2D eigenvalue weighted by Crippen LogP contribution is 2.38. The van der Waals surface area contributed by atoms with Crippen LogP contribution in [-0.4, -0.2) is 9.97 Å². The Hall–Kier alpha value is -1.90. The monoisotopic (exact) mass is 268 g/mol. The molecule has 1 aromatic carbocycles. The van der Waals surface area contributed by atoms with Crippen LogP contribution in [0.15, 0.2) is 41.2 Å². The zero-order valence-electron chi connectivity index (χ0n) is 11.8. The zero-order chi connectivity index (χ0) is 13.9. The molecule has 0 spiro atoms. The maximum absolute atomic E-state index is 11.9. The summed E-state index contributed by atoms with van der Waals surface area (Å²) in [6.45, 7) is 2.24. The molecular formula is C17H20N2O. The van der Waals surface area contributed by atoms with Gasteiger partial charge >= 0.3 is 0 Å². The number of benzene rings is 1. The summed E-state index contributed by atoms with van der Waals surface area (Å²) >= 11 is 0. The molecule has 2 atom stereocenters. The summed E-state index contributed by atoms with van der Waals surface area (Å²) in [4.78, 5) is 19.5. The summed E-state index contributed by atoms with van der Waals surface area (Å²) in [5.41, 5.74) is 1.74. The van der Waals surface area contributed by atoms with E-state index in [9.17, 15) is 4.79 Å². The lowest BCUT2D eigenvalue weighted by molar-refractivity contribution is 0.516. The van der Waals surface area contributed by atoms with E-state index in [1.165, 1.54) is 12.8 Å². The largest absolute Gasteiger partial charge is 0.310 e. The van der Waals surface area contributed by atoms with E-state index in [-0.39, 0.29) is 5.56 Å². The normalized spacial score (nSPS) is 22.1. The molecule has 20 heavy (non-hydrogen) atoms. The Morgan fingerprint density at radius 2 is 2.05 bits per heavy atom.